The van der Waals surface area contributed by atoms with E-state index in [-0.39, 0.29) is 0 Å². The lowest BCUT2D eigenvalue weighted by Gasteiger charge is -2.24. The van der Waals surface area contributed by atoms with E-state index < -0.39 is 0 Å². The largest absolute Gasteiger partial charge is 0.383 e. The van der Waals surface area contributed by atoms with Crippen LogP contribution in [-0.4, -0.2) is 24.7 Å². The molecule has 0 aliphatic carbocycles. The molecule has 1 rings (SSSR count). The molecule has 1 N–H and O–H groups in total. The Bertz CT molecular complexity index is 262. The minimum atomic E-state index is 0.299. The molecule has 0 aromatic carbocycles. The van der Waals surface area contributed by atoms with Crippen LogP contribution in [0.4, 0.5) is 0 Å². The maximum atomic E-state index is 5.20. The first-order chi connectivity index (χ1) is 7.15. The summed E-state index contributed by atoms with van der Waals surface area (Å²) in [5.41, 5.74) is 0. The molecule has 0 amide bonds. The summed E-state index contributed by atoms with van der Waals surface area (Å²) < 4.78 is 5.20. The topological polar surface area (TPSA) is 34.1 Å². The number of nitrogens with one attached hydrogen (secondary N) is 1. The molecule has 0 radical (unpaired) electrons. The highest BCUT2D eigenvalue weighted by Gasteiger charge is 2.17. The van der Waals surface area contributed by atoms with Crippen molar-refractivity contribution in [3.8, 4) is 0 Å². The van der Waals surface area contributed by atoms with Gasteiger partial charge >= 0.3 is 0 Å². The van der Waals surface area contributed by atoms with Gasteiger partial charge in [-0.1, -0.05) is 13.8 Å². The molecule has 2 atom stereocenters. The predicted octanol–water partition coefficient (Wildman–Crippen LogP) is 2.46. The standard InChI is InChI=1S/C11H20N2OS/c1-8(2)10(7-14-4)13-9(3)11-12-5-6-15-11/h5-6,8-10,13H,7H2,1-4H3. The Hall–Kier alpha value is -0.450. The van der Waals surface area contributed by atoms with Crippen LogP contribution in [0.5, 0.6) is 0 Å². The normalized spacial score (nSPS) is 15.5. The molecule has 0 aliphatic heterocycles. The average molecular weight is 228 g/mol. The molecule has 1 aromatic rings. The summed E-state index contributed by atoms with van der Waals surface area (Å²) in [4.78, 5) is 4.30. The van der Waals surface area contributed by atoms with Gasteiger partial charge in [-0.25, -0.2) is 4.98 Å². The van der Waals surface area contributed by atoms with Crippen molar-refractivity contribution in [2.24, 2.45) is 5.92 Å². The Balaban J connectivity index is 2.50. The zero-order valence-electron chi connectivity index (χ0n) is 9.86. The maximum absolute atomic E-state index is 5.20. The van der Waals surface area contributed by atoms with E-state index in [1.807, 2.05) is 11.6 Å². The first-order valence-corrected chi connectivity index (χ1v) is 6.17. The summed E-state index contributed by atoms with van der Waals surface area (Å²) in [7, 11) is 1.74. The highest BCUT2D eigenvalue weighted by molar-refractivity contribution is 7.09. The van der Waals surface area contributed by atoms with Gasteiger partial charge in [-0.05, 0) is 12.8 Å². The van der Waals surface area contributed by atoms with Crippen molar-refractivity contribution < 1.29 is 4.74 Å². The van der Waals surface area contributed by atoms with Crippen LogP contribution in [0, 0.1) is 5.92 Å². The summed E-state index contributed by atoms with van der Waals surface area (Å²) >= 11 is 1.69. The van der Waals surface area contributed by atoms with Crippen LogP contribution >= 0.6 is 11.3 Å². The number of nitrogens with zero attached hydrogens (tertiary/aromatic N) is 1. The van der Waals surface area contributed by atoms with Crippen LogP contribution in [0.2, 0.25) is 0 Å². The van der Waals surface area contributed by atoms with Crippen LogP contribution in [0.3, 0.4) is 0 Å². The van der Waals surface area contributed by atoms with Gasteiger partial charge in [-0.2, -0.15) is 0 Å². The Morgan fingerprint density at radius 1 is 1.47 bits per heavy atom. The third-order valence-electron chi connectivity index (χ3n) is 2.44. The van der Waals surface area contributed by atoms with Crippen molar-refractivity contribution in [2.45, 2.75) is 32.9 Å². The molecule has 2 unspecified atom stereocenters. The molecule has 1 aromatic heterocycles. The Morgan fingerprint density at radius 2 is 2.20 bits per heavy atom. The molecule has 0 fully saturated rings. The molecule has 0 bridgehead atoms. The molecule has 0 spiro atoms. The molecule has 0 saturated carbocycles. The third-order valence-corrected chi connectivity index (χ3v) is 3.40. The van der Waals surface area contributed by atoms with E-state index >= 15 is 0 Å². The Labute approximate surface area is 95.9 Å². The van der Waals surface area contributed by atoms with E-state index in [9.17, 15) is 0 Å². The second-order valence-corrected chi connectivity index (χ2v) is 4.99. The second-order valence-electron chi connectivity index (χ2n) is 4.06. The first kappa shape index (κ1) is 12.6. The zero-order valence-corrected chi connectivity index (χ0v) is 10.7. The van der Waals surface area contributed by atoms with Gasteiger partial charge in [-0.15, -0.1) is 11.3 Å². The predicted molar refractivity (Wildman–Crippen MR) is 64.2 cm³/mol. The van der Waals surface area contributed by atoms with E-state index in [1.165, 1.54) is 0 Å². The first-order valence-electron chi connectivity index (χ1n) is 5.29. The highest BCUT2D eigenvalue weighted by Crippen LogP contribution is 2.17. The van der Waals surface area contributed by atoms with Gasteiger partial charge in [0.15, 0.2) is 0 Å². The van der Waals surface area contributed by atoms with Crippen molar-refractivity contribution >= 4 is 11.3 Å². The Kier molecular flexibility index (Phi) is 5.22. The molecule has 0 aliphatic rings. The summed E-state index contributed by atoms with van der Waals surface area (Å²) in [6.45, 7) is 7.29. The third kappa shape index (κ3) is 3.89. The van der Waals surface area contributed by atoms with Crippen molar-refractivity contribution in [3.05, 3.63) is 16.6 Å². The van der Waals surface area contributed by atoms with Gasteiger partial charge in [0.1, 0.15) is 5.01 Å². The number of rotatable bonds is 6. The van der Waals surface area contributed by atoms with Crippen molar-refractivity contribution in [2.75, 3.05) is 13.7 Å². The van der Waals surface area contributed by atoms with E-state index in [2.05, 4.69) is 31.1 Å². The monoisotopic (exact) mass is 228 g/mol. The summed E-state index contributed by atoms with van der Waals surface area (Å²) in [5.74, 6) is 0.562. The number of methoxy groups -OCH3 is 1. The van der Waals surface area contributed by atoms with Crippen LogP contribution in [0.15, 0.2) is 11.6 Å². The summed E-state index contributed by atoms with van der Waals surface area (Å²) in [6.07, 6.45) is 1.85. The highest BCUT2D eigenvalue weighted by atomic mass is 32.1. The van der Waals surface area contributed by atoms with Crippen molar-refractivity contribution in [3.63, 3.8) is 0 Å². The zero-order chi connectivity index (χ0) is 11.3. The quantitative estimate of drug-likeness (QED) is 0.812. The van der Waals surface area contributed by atoms with Crippen LogP contribution in [0.1, 0.15) is 31.8 Å². The minimum Gasteiger partial charge on any atom is -0.383 e. The fraction of sp³-hybridized carbons (Fsp3) is 0.727. The van der Waals surface area contributed by atoms with Gasteiger partial charge in [0, 0.05) is 24.7 Å². The molecular weight excluding hydrogens is 208 g/mol. The lowest BCUT2D eigenvalue weighted by Crippen LogP contribution is -2.39. The van der Waals surface area contributed by atoms with E-state index in [4.69, 9.17) is 4.74 Å². The summed E-state index contributed by atoms with van der Waals surface area (Å²) in [5, 5.41) is 6.69. The molecule has 1 heterocycles. The molecule has 3 nitrogen and oxygen atoms in total. The van der Waals surface area contributed by atoms with Gasteiger partial charge in [0.05, 0.1) is 12.6 Å². The minimum absolute atomic E-state index is 0.299. The molecule has 4 heteroatoms. The fourth-order valence-corrected chi connectivity index (χ4v) is 2.11. The average Bonchev–Trinajstić information content (AvgIpc) is 2.69. The molecular formula is C11H20N2OS. The SMILES string of the molecule is COCC(NC(C)c1nccs1)C(C)C. The van der Waals surface area contributed by atoms with E-state index in [0.717, 1.165) is 11.6 Å². The van der Waals surface area contributed by atoms with Gasteiger partial charge < -0.3 is 10.1 Å². The van der Waals surface area contributed by atoms with Gasteiger partial charge in [-0.3, -0.25) is 0 Å². The number of hydrogen-bond acceptors (Lipinski definition) is 4. The number of thiazole rings is 1. The number of ether oxygens (including phenoxy) is 1. The van der Waals surface area contributed by atoms with Crippen LogP contribution < -0.4 is 5.32 Å². The van der Waals surface area contributed by atoms with E-state index in [1.54, 1.807) is 18.4 Å². The van der Waals surface area contributed by atoms with Crippen LogP contribution in [0.25, 0.3) is 0 Å². The molecule has 0 saturated heterocycles. The lowest BCUT2D eigenvalue weighted by molar-refractivity contribution is 0.141. The van der Waals surface area contributed by atoms with Crippen molar-refractivity contribution in [1.82, 2.24) is 10.3 Å². The molecule has 15 heavy (non-hydrogen) atoms. The lowest BCUT2D eigenvalue weighted by atomic mass is 10.0. The Morgan fingerprint density at radius 3 is 2.67 bits per heavy atom. The fourth-order valence-electron chi connectivity index (χ4n) is 1.45. The van der Waals surface area contributed by atoms with Gasteiger partial charge in [0.25, 0.3) is 0 Å². The number of aromatic nitrogens is 1. The van der Waals surface area contributed by atoms with Crippen molar-refractivity contribution in [1.29, 1.82) is 0 Å². The maximum Gasteiger partial charge on any atom is 0.109 e. The van der Waals surface area contributed by atoms with Gasteiger partial charge in [0.2, 0.25) is 0 Å². The second kappa shape index (κ2) is 6.20. The number of hydrogen-bond donors (Lipinski definition) is 1. The van der Waals surface area contributed by atoms with Crippen LogP contribution in [-0.2, 0) is 4.74 Å². The summed E-state index contributed by atoms with van der Waals surface area (Å²) in [6, 6.07) is 0.682. The smallest absolute Gasteiger partial charge is 0.109 e. The van der Waals surface area contributed by atoms with E-state index in [0.29, 0.717) is 18.0 Å². The molecule has 86 valence electrons.